The molecule has 32 heavy (non-hydrogen) atoms. The van der Waals surface area contributed by atoms with Gasteiger partial charge in [-0.3, -0.25) is 9.47 Å². The zero-order valence-electron chi connectivity index (χ0n) is 16.9. The molecule has 2 aliphatic heterocycles. The summed E-state index contributed by atoms with van der Waals surface area (Å²) in [5, 5.41) is 10.9. The highest BCUT2D eigenvalue weighted by Gasteiger charge is 2.42. The first-order chi connectivity index (χ1) is 15.1. The van der Waals surface area contributed by atoms with Crippen LogP contribution in [-0.4, -0.2) is 43.0 Å². The predicted molar refractivity (Wildman–Crippen MR) is 104 cm³/mol. The minimum absolute atomic E-state index is 0.0814. The number of furan rings is 1. The standard InChI is InChI=1S/C20H18F3N5O4/c1-19(11-27-9-17(28(29)30)25-18(27)32-19)10-26-7-6-13-12(8-26)2-3-14(24-13)15-4-5-16(31-15)20(21,22)23/h2-5,9H,6-8,10-11H2,1H3/t19-/m0/s1. The molecule has 3 aromatic rings. The molecule has 1 atom stereocenters. The van der Waals surface area contributed by atoms with Crippen LogP contribution in [0, 0.1) is 10.1 Å². The number of nitro groups is 1. The lowest BCUT2D eigenvalue weighted by molar-refractivity contribution is -0.389. The van der Waals surface area contributed by atoms with E-state index in [1.807, 2.05) is 13.0 Å². The highest BCUT2D eigenvalue weighted by molar-refractivity contribution is 5.53. The van der Waals surface area contributed by atoms with E-state index in [-0.39, 0.29) is 17.6 Å². The van der Waals surface area contributed by atoms with Crippen molar-refractivity contribution in [3.63, 3.8) is 0 Å². The van der Waals surface area contributed by atoms with Gasteiger partial charge in [0.25, 0.3) is 0 Å². The minimum Gasteiger partial charge on any atom is -0.450 e. The lowest BCUT2D eigenvalue weighted by Crippen LogP contribution is -2.46. The fraction of sp³-hybridized carbons (Fsp3) is 0.400. The van der Waals surface area contributed by atoms with Crippen LogP contribution in [0.2, 0.25) is 0 Å². The molecule has 3 aromatic heterocycles. The van der Waals surface area contributed by atoms with Gasteiger partial charge in [-0.25, -0.2) is 4.98 Å². The lowest BCUT2D eigenvalue weighted by Gasteiger charge is -2.34. The van der Waals surface area contributed by atoms with Crippen LogP contribution in [0.1, 0.15) is 23.9 Å². The third-order valence-corrected chi connectivity index (χ3v) is 5.58. The van der Waals surface area contributed by atoms with Gasteiger partial charge in [0.1, 0.15) is 17.5 Å². The van der Waals surface area contributed by atoms with Crippen LogP contribution in [0.25, 0.3) is 11.5 Å². The van der Waals surface area contributed by atoms with Gasteiger partial charge >= 0.3 is 18.0 Å². The molecule has 168 valence electrons. The van der Waals surface area contributed by atoms with Gasteiger partial charge in [-0.15, -0.1) is 0 Å². The van der Waals surface area contributed by atoms with Gasteiger partial charge < -0.3 is 19.3 Å². The lowest BCUT2D eigenvalue weighted by atomic mass is 10.0. The van der Waals surface area contributed by atoms with Gasteiger partial charge in [-0.05, 0) is 35.6 Å². The zero-order chi connectivity index (χ0) is 22.7. The molecule has 0 fully saturated rings. The zero-order valence-corrected chi connectivity index (χ0v) is 16.9. The Morgan fingerprint density at radius 3 is 2.75 bits per heavy atom. The Labute approximate surface area is 179 Å². The van der Waals surface area contributed by atoms with E-state index in [0.717, 1.165) is 17.3 Å². The Bertz CT molecular complexity index is 1180. The molecule has 0 unspecified atom stereocenters. The largest absolute Gasteiger partial charge is 0.450 e. The van der Waals surface area contributed by atoms with Crippen molar-refractivity contribution in [1.82, 2.24) is 19.4 Å². The van der Waals surface area contributed by atoms with E-state index < -0.39 is 22.5 Å². The smallest absolute Gasteiger partial charge is 0.449 e. The second-order valence-corrected chi connectivity index (χ2v) is 8.24. The first-order valence-corrected chi connectivity index (χ1v) is 9.89. The van der Waals surface area contributed by atoms with Crippen LogP contribution in [0.3, 0.4) is 0 Å². The van der Waals surface area contributed by atoms with Gasteiger partial charge in [-0.1, -0.05) is 6.07 Å². The number of nitrogens with zero attached hydrogens (tertiary/aromatic N) is 5. The summed E-state index contributed by atoms with van der Waals surface area (Å²) < 4.78 is 50.8. The number of rotatable bonds is 4. The summed E-state index contributed by atoms with van der Waals surface area (Å²) in [5.41, 5.74) is 1.60. The van der Waals surface area contributed by atoms with Gasteiger partial charge in [0.15, 0.2) is 5.76 Å². The van der Waals surface area contributed by atoms with Gasteiger partial charge in [0.2, 0.25) is 5.76 Å². The highest BCUT2D eigenvalue weighted by atomic mass is 19.4. The summed E-state index contributed by atoms with van der Waals surface area (Å²) in [7, 11) is 0. The molecule has 0 spiro atoms. The summed E-state index contributed by atoms with van der Waals surface area (Å²) >= 11 is 0. The Kier molecular flexibility index (Phi) is 4.52. The van der Waals surface area contributed by atoms with E-state index in [1.54, 1.807) is 10.6 Å². The fourth-order valence-corrected chi connectivity index (χ4v) is 4.21. The first-order valence-electron chi connectivity index (χ1n) is 9.89. The van der Waals surface area contributed by atoms with E-state index in [2.05, 4.69) is 14.9 Å². The van der Waals surface area contributed by atoms with Gasteiger partial charge in [-0.2, -0.15) is 13.2 Å². The van der Waals surface area contributed by atoms with E-state index in [9.17, 15) is 23.3 Å². The number of halogens is 3. The SMILES string of the molecule is C[C@]1(CN2CCc3nc(-c4ccc(C(F)(F)F)o4)ccc3C2)Cn2cc([N+](=O)[O-])nc2O1. The number of hydrogen-bond acceptors (Lipinski definition) is 7. The van der Waals surface area contributed by atoms with Crippen LogP contribution in [0.5, 0.6) is 6.01 Å². The van der Waals surface area contributed by atoms with Crippen LogP contribution in [0.4, 0.5) is 19.0 Å². The van der Waals surface area contributed by atoms with Crippen molar-refractivity contribution in [2.24, 2.45) is 0 Å². The maximum absolute atomic E-state index is 12.8. The summed E-state index contributed by atoms with van der Waals surface area (Å²) in [6.45, 7) is 4.26. The van der Waals surface area contributed by atoms with Crippen LogP contribution in [0.15, 0.2) is 34.9 Å². The average Bonchev–Trinajstić information content (AvgIpc) is 3.41. The number of alkyl halides is 3. The third-order valence-electron chi connectivity index (χ3n) is 5.58. The molecule has 12 heteroatoms. The number of hydrogen-bond donors (Lipinski definition) is 0. The third kappa shape index (κ3) is 3.70. The van der Waals surface area contributed by atoms with Gasteiger partial charge in [0, 0.05) is 36.7 Å². The number of ether oxygens (including phenoxy) is 1. The molecule has 5 rings (SSSR count). The molecule has 0 bridgehead atoms. The molecular weight excluding hydrogens is 431 g/mol. The Balaban J connectivity index is 1.27. The number of pyridine rings is 1. The highest BCUT2D eigenvalue weighted by Crippen LogP contribution is 2.35. The molecule has 0 amide bonds. The Morgan fingerprint density at radius 2 is 2.06 bits per heavy atom. The Hall–Kier alpha value is -3.41. The van der Waals surface area contributed by atoms with Crippen LogP contribution in [-0.2, 0) is 25.7 Å². The number of aromatic nitrogens is 3. The van der Waals surface area contributed by atoms with E-state index in [0.29, 0.717) is 38.3 Å². The van der Waals surface area contributed by atoms with Crippen LogP contribution >= 0.6 is 0 Å². The fourth-order valence-electron chi connectivity index (χ4n) is 4.21. The number of fused-ring (bicyclic) bond motifs is 2. The number of imidazole rings is 1. The molecule has 2 aliphatic rings. The molecule has 0 aromatic carbocycles. The van der Waals surface area contributed by atoms with E-state index in [4.69, 9.17) is 9.15 Å². The summed E-state index contributed by atoms with van der Waals surface area (Å²) in [6, 6.07) is 5.92. The second kappa shape index (κ2) is 7.05. The predicted octanol–water partition coefficient (Wildman–Crippen LogP) is 3.67. The van der Waals surface area contributed by atoms with Crippen molar-refractivity contribution in [3.05, 3.63) is 57.6 Å². The second-order valence-electron chi connectivity index (χ2n) is 8.24. The summed E-state index contributed by atoms with van der Waals surface area (Å²) in [5.74, 6) is -1.21. The Morgan fingerprint density at radius 1 is 1.25 bits per heavy atom. The average molecular weight is 449 g/mol. The first kappa shape index (κ1) is 20.5. The summed E-state index contributed by atoms with van der Waals surface area (Å²) in [4.78, 5) is 20.9. The molecule has 0 N–H and O–H groups in total. The molecule has 0 radical (unpaired) electrons. The van der Waals surface area contributed by atoms with Crippen molar-refractivity contribution < 1.29 is 27.2 Å². The quantitative estimate of drug-likeness (QED) is 0.443. The summed E-state index contributed by atoms with van der Waals surface area (Å²) in [6.07, 6.45) is -2.54. The maximum atomic E-state index is 12.8. The minimum atomic E-state index is -4.54. The van der Waals surface area contributed by atoms with Crippen LogP contribution < -0.4 is 4.74 Å². The molecular formula is C20H18F3N5O4. The molecule has 9 nitrogen and oxygen atoms in total. The van der Waals surface area contributed by atoms with E-state index >= 15 is 0 Å². The molecule has 0 saturated carbocycles. The maximum Gasteiger partial charge on any atom is 0.449 e. The van der Waals surface area contributed by atoms with Crippen molar-refractivity contribution in [1.29, 1.82) is 0 Å². The van der Waals surface area contributed by atoms with Crippen molar-refractivity contribution in [2.45, 2.75) is 38.2 Å². The van der Waals surface area contributed by atoms with Crippen molar-refractivity contribution in [3.8, 4) is 17.5 Å². The topological polar surface area (TPSA) is 99.5 Å². The van der Waals surface area contributed by atoms with Crippen molar-refractivity contribution in [2.75, 3.05) is 13.1 Å². The monoisotopic (exact) mass is 449 g/mol. The normalized spacial score (nSPS) is 20.6. The molecule has 5 heterocycles. The van der Waals surface area contributed by atoms with Gasteiger partial charge in [0.05, 0.1) is 6.54 Å². The van der Waals surface area contributed by atoms with E-state index in [1.165, 1.54) is 12.3 Å². The van der Waals surface area contributed by atoms with Crippen molar-refractivity contribution >= 4 is 5.82 Å². The molecule has 0 aliphatic carbocycles. The molecule has 0 saturated heterocycles.